The molecule has 0 saturated heterocycles. The van der Waals surface area contributed by atoms with Crippen LogP contribution in [0.25, 0.3) is 11.1 Å². The lowest BCUT2D eigenvalue weighted by Crippen LogP contribution is -2.16. The summed E-state index contributed by atoms with van der Waals surface area (Å²) in [7, 11) is -1.92. The minimum atomic E-state index is -3.51. The lowest BCUT2D eigenvalue weighted by atomic mass is 10.1. The van der Waals surface area contributed by atoms with E-state index in [1.54, 1.807) is 32.3 Å². The second kappa shape index (κ2) is 10.5. The Morgan fingerprint density at radius 3 is 2.48 bits per heavy atom. The van der Waals surface area contributed by atoms with Gasteiger partial charge in [-0.1, -0.05) is 13.0 Å². The summed E-state index contributed by atoms with van der Waals surface area (Å²) in [4.78, 5) is 12.4. The monoisotopic (exact) mass is 583 g/mol. The van der Waals surface area contributed by atoms with Gasteiger partial charge in [-0.15, -0.1) is 6.58 Å². The Morgan fingerprint density at radius 2 is 1.82 bits per heavy atom. The molecular formula is C24H23FINO5S. The Hall–Kier alpha value is -2.66. The molecule has 0 spiro atoms. The molecule has 0 aliphatic heterocycles. The Morgan fingerprint density at radius 1 is 1.09 bits per heavy atom. The quantitative estimate of drug-likeness (QED) is 0.193. The van der Waals surface area contributed by atoms with E-state index in [-0.39, 0.29) is 16.2 Å². The van der Waals surface area contributed by atoms with Crippen LogP contribution in [0.2, 0.25) is 0 Å². The molecule has 0 bridgehead atoms. The molecule has 0 amide bonds. The lowest BCUT2D eigenvalue weighted by molar-refractivity contribution is 0.325. The van der Waals surface area contributed by atoms with E-state index in [1.165, 1.54) is 41.0 Å². The van der Waals surface area contributed by atoms with Gasteiger partial charge < -0.3 is 14.0 Å². The first-order valence-electron chi connectivity index (χ1n) is 10.1. The van der Waals surface area contributed by atoms with Crippen molar-refractivity contribution in [1.82, 2.24) is 4.57 Å². The van der Waals surface area contributed by atoms with Crippen molar-refractivity contribution in [2.24, 2.45) is 7.05 Å². The van der Waals surface area contributed by atoms with Crippen LogP contribution in [0.1, 0.15) is 13.3 Å². The van der Waals surface area contributed by atoms with Crippen molar-refractivity contribution in [2.45, 2.75) is 18.2 Å². The lowest BCUT2D eigenvalue weighted by Gasteiger charge is -2.17. The fourth-order valence-corrected chi connectivity index (χ4v) is 4.53. The van der Waals surface area contributed by atoms with Gasteiger partial charge in [-0.2, -0.15) is 0 Å². The van der Waals surface area contributed by atoms with Crippen LogP contribution in [0.4, 0.5) is 4.39 Å². The molecule has 3 aromatic rings. The first kappa shape index (κ1) is 25.0. The molecule has 6 nitrogen and oxygen atoms in total. The molecule has 0 unspecified atom stereocenters. The third-order valence-corrected chi connectivity index (χ3v) is 7.44. The molecule has 0 atom stereocenters. The number of aryl methyl sites for hydroxylation is 1. The number of halogens is 2. The van der Waals surface area contributed by atoms with Gasteiger partial charge in [0.05, 0.1) is 20.8 Å². The van der Waals surface area contributed by atoms with Crippen molar-refractivity contribution in [3.63, 3.8) is 0 Å². The number of rotatable bonds is 9. The second-order valence-corrected chi connectivity index (χ2v) is 10.6. The number of ether oxygens (including phenoxy) is 2. The van der Waals surface area contributed by atoms with Gasteiger partial charge in [0.25, 0.3) is 5.56 Å². The van der Waals surface area contributed by atoms with E-state index in [2.05, 4.69) is 6.58 Å². The minimum absolute atomic E-state index is 0.0710. The highest BCUT2D eigenvalue weighted by molar-refractivity contribution is 14.1. The van der Waals surface area contributed by atoms with Crippen LogP contribution in [0.3, 0.4) is 0 Å². The van der Waals surface area contributed by atoms with Crippen molar-refractivity contribution in [3.8, 4) is 28.4 Å². The first-order valence-corrected chi connectivity index (χ1v) is 12.8. The van der Waals surface area contributed by atoms with Crippen molar-refractivity contribution >= 4 is 32.4 Å². The molecule has 174 valence electrons. The van der Waals surface area contributed by atoms with E-state index < -0.39 is 15.7 Å². The standard InChI is InChI=1S/C24H23FINO5S/c1-4-6-11-31-23-14-24(28)27(3)15-19(23)18-13-17(33(29,30)5-2)8-10-21(18)32-22-9-7-16(25)12-20(22)26/h4,7-10,12-15H,1,5-6,11H2,2-3H3. The number of benzene rings is 2. The Labute approximate surface area is 205 Å². The zero-order chi connectivity index (χ0) is 24.2. The molecule has 2 aromatic carbocycles. The van der Waals surface area contributed by atoms with Crippen molar-refractivity contribution in [2.75, 3.05) is 12.4 Å². The summed E-state index contributed by atoms with van der Waals surface area (Å²) in [5.41, 5.74) is 0.635. The van der Waals surface area contributed by atoms with Gasteiger partial charge >= 0.3 is 0 Å². The van der Waals surface area contributed by atoms with Gasteiger partial charge in [-0.25, -0.2) is 12.8 Å². The van der Waals surface area contributed by atoms with E-state index in [1.807, 2.05) is 22.6 Å². The summed E-state index contributed by atoms with van der Waals surface area (Å²) in [6.07, 6.45) is 3.84. The molecule has 3 rings (SSSR count). The van der Waals surface area contributed by atoms with Crippen LogP contribution >= 0.6 is 22.6 Å². The highest BCUT2D eigenvalue weighted by Crippen LogP contribution is 2.40. The predicted molar refractivity (Wildman–Crippen MR) is 134 cm³/mol. The van der Waals surface area contributed by atoms with Crippen molar-refractivity contribution in [3.05, 3.63) is 81.1 Å². The van der Waals surface area contributed by atoms with E-state index in [4.69, 9.17) is 9.47 Å². The summed E-state index contributed by atoms with van der Waals surface area (Å²) in [6.45, 7) is 5.53. The van der Waals surface area contributed by atoms with E-state index in [9.17, 15) is 17.6 Å². The van der Waals surface area contributed by atoms with E-state index >= 15 is 0 Å². The van der Waals surface area contributed by atoms with Gasteiger partial charge in [0.1, 0.15) is 23.1 Å². The minimum Gasteiger partial charge on any atom is -0.492 e. The van der Waals surface area contributed by atoms with E-state index in [0.717, 1.165) is 0 Å². The van der Waals surface area contributed by atoms with Crippen LogP contribution in [0, 0.1) is 9.39 Å². The maximum Gasteiger partial charge on any atom is 0.254 e. The number of hydrogen-bond acceptors (Lipinski definition) is 5. The molecule has 0 saturated carbocycles. The molecule has 0 fully saturated rings. The van der Waals surface area contributed by atoms with Gasteiger partial charge in [0.15, 0.2) is 9.84 Å². The average Bonchev–Trinajstić information content (AvgIpc) is 2.78. The fraction of sp³-hybridized carbons (Fsp3) is 0.208. The van der Waals surface area contributed by atoms with Crippen molar-refractivity contribution in [1.29, 1.82) is 0 Å². The van der Waals surface area contributed by atoms with Crippen LogP contribution in [0.15, 0.2) is 71.0 Å². The maximum atomic E-state index is 13.6. The summed E-state index contributed by atoms with van der Waals surface area (Å²) >= 11 is 1.96. The Balaban J connectivity index is 2.23. The van der Waals surface area contributed by atoms with Crippen LogP contribution < -0.4 is 15.0 Å². The summed E-state index contributed by atoms with van der Waals surface area (Å²) in [6, 6.07) is 9.99. The molecule has 0 aliphatic rings. The second-order valence-electron chi connectivity index (χ2n) is 7.16. The largest absolute Gasteiger partial charge is 0.492 e. The number of sulfone groups is 1. The van der Waals surface area contributed by atoms with Crippen LogP contribution in [0.5, 0.6) is 17.2 Å². The van der Waals surface area contributed by atoms with Gasteiger partial charge in [0, 0.05) is 30.4 Å². The average molecular weight is 583 g/mol. The predicted octanol–water partition coefficient (Wildman–Crippen LogP) is 5.34. The van der Waals surface area contributed by atoms with Gasteiger partial charge in [-0.05, 0) is 65.4 Å². The topological polar surface area (TPSA) is 74.6 Å². The summed E-state index contributed by atoms with van der Waals surface area (Å²) in [5.74, 6) is 0.570. The Bertz CT molecular complexity index is 1350. The number of hydrogen-bond donors (Lipinski definition) is 0. The molecular weight excluding hydrogens is 560 g/mol. The van der Waals surface area contributed by atoms with Crippen LogP contribution in [-0.4, -0.2) is 25.3 Å². The molecule has 0 radical (unpaired) electrons. The highest BCUT2D eigenvalue weighted by atomic mass is 127. The normalized spacial score (nSPS) is 11.3. The smallest absolute Gasteiger partial charge is 0.254 e. The molecule has 33 heavy (non-hydrogen) atoms. The third-order valence-electron chi connectivity index (χ3n) is 4.86. The number of aromatic nitrogens is 1. The summed E-state index contributed by atoms with van der Waals surface area (Å²) in [5, 5.41) is 0. The highest BCUT2D eigenvalue weighted by Gasteiger charge is 2.20. The molecule has 0 N–H and O–H groups in total. The van der Waals surface area contributed by atoms with E-state index in [0.29, 0.717) is 45.0 Å². The molecule has 9 heteroatoms. The zero-order valence-corrected chi connectivity index (χ0v) is 21.2. The molecule has 1 heterocycles. The zero-order valence-electron chi connectivity index (χ0n) is 18.2. The summed E-state index contributed by atoms with van der Waals surface area (Å²) < 4.78 is 52.5. The molecule has 0 aliphatic carbocycles. The van der Waals surface area contributed by atoms with Gasteiger partial charge in [-0.3, -0.25) is 4.79 Å². The SMILES string of the molecule is C=CCCOc1cc(=O)n(C)cc1-c1cc(S(=O)(=O)CC)ccc1Oc1ccc(F)cc1I. The third kappa shape index (κ3) is 5.83. The Kier molecular flexibility index (Phi) is 7.96. The number of nitrogens with zero attached hydrogens (tertiary/aromatic N) is 1. The molecule has 1 aromatic heterocycles. The first-order chi connectivity index (χ1) is 15.7. The van der Waals surface area contributed by atoms with Crippen molar-refractivity contribution < 1.29 is 22.3 Å². The number of pyridine rings is 1. The van der Waals surface area contributed by atoms with Gasteiger partial charge in [0.2, 0.25) is 0 Å². The fourth-order valence-electron chi connectivity index (χ4n) is 3.03. The maximum absolute atomic E-state index is 13.6. The van der Waals surface area contributed by atoms with Crippen LogP contribution in [-0.2, 0) is 16.9 Å².